The van der Waals surface area contributed by atoms with Gasteiger partial charge in [0.25, 0.3) is 0 Å². The van der Waals surface area contributed by atoms with E-state index < -0.39 is 11.9 Å². The Kier molecular flexibility index (Phi) is 66.3. The average Bonchev–Trinajstić information content (AvgIpc) is 3.28. The van der Waals surface area contributed by atoms with E-state index in [9.17, 15) is 19.8 Å². The maximum atomic E-state index is 10.7. The van der Waals surface area contributed by atoms with Gasteiger partial charge < -0.3 is 29.6 Å². The molecule has 0 aliphatic heterocycles. The summed E-state index contributed by atoms with van der Waals surface area (Å²) in [5.74, 6) is -1.80. The van der Waals surface area contributed by atoms with Crippen molar-refractivity contribution in [1.82, 2.24) is 9.80 Å². The van der Waals surface area contributed by atoms with Crippen molar-refractivity contribution in [2.75, 3.05) is 39.3 Å². The summed E-state index contributed by atoms with van der Waals surface area (Å²) in [6.45, 7) is 16.0. The minimum absolute atomic E-state index is 0. The van der Waals surface area contributed by atoms with Crippen molar-refractivity contribution < 1.29 is 19.8 Å². The molecular formula is C58H116CaN2O4. The monoisotopic (exact) mass is 945 g/mol. The summed E-state index contributed by atoms with van der Waals surface area (Å²) in [7, 11) is 0. The first-order valence-corrected chi connectivity index (χ1v) is 29.2. The van der Waals surface area contributed by atoms with Crippen LogP contribution in [-0.2, 0) is 9.59 Å². The standard InChI is InChI=1S/2C29H59NO2.Ca/c2*1-3-5-7-9-11-13-15-17-19-22-26-30(28-24-21-25-29(31)32)27-23-20-18-16-14-12-10-8-6-4-2;/h2*3-28H2,1-2H3,(H,31,32);/q;;+2/p-2. The van der Waals surface area contributed by atoms with Crippen LogP contribution in [0.15, 0.2) is 0 Å². The van der Waals surface area contributed by atoms with Gasteiger partial charge in [-0.1, -0.05) is 259 Å². The summed E-state index contributed by atoms with van der Waals surface area (Å²) in [5, 5.41) is 21.3. The molecule has 0 saturated carbocycles. The summed E-state index contributed by atoms with van der Waals surface area (Å²) in [6.07, 6.45) is 59.3. The fraction of sp³-hybridized carbons (Fsp3) is 0.966. The van der Waals surface area contributed by atoms with E-state index in [1.54, 1.807) is 0 Å². The third kappa shape index (κ3) is 64.1. The molecule has 7 heteroatoms. The molecule has 0 fully saturated rings. The average molecular weight is 946 g/mol. The second-order valence-electron chi connectivity index (χ2n) is 20.1. The van der Waals surface area contributed by atoms with Crippen molar-refractivity contribution in [2.24, 2.45) is 0 Å². The maximum absolute atomic E-state index is 10.7. The second kappa shape index (κ2) is 62.1. The third-order valence-corrected chi connectivity index (χ3v) is 13.5. The van der Waals surface area contributed by atoms with Crippen LogP contribution >= 0.6 is 0 Å². The van der Waals surface area contributed by atoms with Gasteiger partial charge in [0, 0.05) is 11.9 Å². The molecule has 0 atom stereocenters. The van der Waals surface area contributed by atoms with E-state index in [4.69, 9.17) is 0 Å². The molecule has 0 aromatic rings. The Morgan fingerprint density at radius 3 is 0.538 bits per heavy atom. The topological polar surface area (TPSA) is 86.7 Å². The van der Waals surface area contributed by atoms with E-state index in [-0.39, 0.29) is 50.6 Å². The van der Waals surface area contributed by atoms with Gasteiger partial charge >= 0.3 is 37.7 Å². The minimum atomic E-state index is -0.902. The molecule has 0 aromatic carbocycles. The molecular weight excluding hydrogens is 829 g/mol. The van der Waals surface area contributed by atoms with E-state index in [2.05, 4.69) is 37.5 Å². The molecule has 0 aromatic heterocycles. The zero-order valence-electron chi connectivity index (χ0n) is 45.0. The second-order valence-corrected chi connectivity index (χ2v) is 20.1. The summed E-state index contributed by atoms with van der Waals surface area (Å²) < 4.78 is 0. The number of carboxylic acids is 2. The van der Waals surface area contributed by atoms with E-state index in [0.717, 1.165) is 38.8 Å². The van der Waals surface area contributed by atoms with E-state index in [1.165, 1.54) is 283 Å². The number of carbonyl (C=O) groups is 2. The molecule has 0 spiro atoms. The molecule has 0 aliphatic carbocycles. The number of hydrogen-bond donors (Lipinski definition) is 0. The number of carboxylic acid groups (broad SMARTS) is 2. The Hall–Kier alpha value is 0.120. The van der Waals surface area contributed by atoms with Crippen molar-refractivity contribution in [3.63, 3.8) is 0 Å². The summed E-state index contributed by atoms with van der Waals surface area (Å²) in [4.78, 5) is 26.5. The van der Waals surface area contributed by atoms with Crippen LogP contribution in [-0.4, -0.2) is 98.7 Å². The molecule has 0 N–H and O–H groups in total. The first-order valence-electron chi connectivity index (χ1n) is 29.2. The zero-order valence-corrected chi connectivity index (χ0v) is 47.2. The maximum Gasteiger partial charge on any atom is 2.00 e. The van der Waals surface area contributed by atoms with Gasteiger partial charge in [-0.15, -0.1) is 0 Å². The molecule has 0 unspecified atom stereocenters. The normalized spacial score (nSPS) is 11.3. The van der Waals surface area contributed by atoms with Gasteiger partial charge in [-0.2, -0.15) is 0 Å². The molecule has 0 aliphatic rings. The largest absolute Gasteiger partial charge is 2.00 e. The van der Waals surface area contributed by atoms with Gasteiger partial charge in [-0.25, -0.2) is 0 Å². The predicted molar refractivity (Wildman–Crippen MR) is 284 cm³/mol. The molecule has 6 nitrogen and oxygen atoms in total. The zero-order chi connectivity index (χ0) is 47.1. The van der Waals surface area contributed by atoms with Crippen LogP contribution in [0.5, 0.6) is 0 Å². The Morgan fingerprint density at radius 1 is 0.246 bits per heavy atom. The number of hydrogen-bond acceptors (Lipinski definition) is 6. The van der Waals surface area contributed by atoms with Crippen LogP contribution in [0.1, 0.15) is 323 Å². The fourth-order valence-electron chi connectivity index (χ4n) is 9.17. The molecule has 0 bridgehead atoms. The number of nitrogens with zero attached hydrogens (tertiary/aromatic N) is 2. The summed E-state index contributed by atoms with van der Waals surface area (Å²) in [6, 6.07) is 0. The Labute approximate surface area is 438 Å². The van der Waals surface area contributed by atoms with Crippen LogP contribution < -0.4 is 10.2 Å². The number of carbonyl (C=O) groups excluding carboxylic acids is 2. The van der Waals surface area contributed by atoms with Crippen molar-refractivity contribution in [1.29, 1.82) is 0 Å². The van der Waals surface area contributed by atoms with Gasteiger partial charge in [0.1, 0.15) is 0 Å². The third-order valence-electron chi connectivity index (χ3n) is 13.5. The molecule has 0 radical (unpaired) electrons. The fourth-order valence-corrected chi connectivity index (χ4v) is 9.17. The van der Waals surface area contributed by atoms with Gasteiger partial charge in [-0.05, 0) is 103 Å². The van der Waals surface area contributed by atoms with Gasteiger partial charge in [0.2, 0.25) is 0 Å². The van der Waals surface area contributed by atoms with Crippen molar-refractivity contribution in [3.05, 3.63) is 0 Å². The van der Waals surface area contributed by atoms with Gasteiger partial charge in [-0.3, -0.25) is 0 Å². The van der Waals surface area contributed by atoms with Crippen molar-refractivity contribution in [3.8, 4) is 0 Å². The van der Waals surface area contributed by atoms with Crippen LogP contribution in [0.2, 0.25) is 0 Å². The Balaban J connectivity index is -0.00000116. The Morgan fingerprint density at radius 2 is 0.385 bits per heavy atom. The van der Waals surface area contributed by atoms with E-state index in [0.29, 0.717) is 0 Å². The van der Waals surface area contributed by atoms with Crippen molar-refractivity contribution in [2.45, 2.75) is 323 Å². The Bertz CT molecular complexity index is 774. The van der Waals surface area contributed by atoms with Crippen LogP contribution in [0, 0.1) is 0 Å². The van der Waals surface area contributed by atoms with Gasteiger partial charge in [0.05, 0.1) is 0 Å². The molecule has 65 heavy (non-hydrogen) atoms. The quantitative estimate of drug-likeness (QED) is 0.0446. The smallest absolute Gasteiger partial charge is 0.550 e. The minimum Gasteiger partial charge on any atom is -0.550 e. The van der Waals surface area contributed by atoms with Gasteiger partial charge in [0.15, 0.2) is 0 Å². The predicted octanol–water partition coefficient (Wildman–Crippen LogP) is 15.7. The number of aliphatic carboxylic acids is 2. The SMILES string of the molecule is CCCCCCCCCCCCN(CCCCCCCCCCCC)CCCCC(=O)[O-].CCCCCCCCCCCCN(CCCCCCCCCCCC)CCCCC(=O)[O-].[Ca+2]. The first kappa shape index (κ1) is 69.4. The van der Waals surface area contributed by atoms with Crippen LogP contribution in [0.4, 0.5) is 0 Å². The number of unbranched alkanes of at least 4 members (excludes halogenated alkanes) is 38. The molecule has 0 rings (SSSR count). The summed E-state index contributed by atoms with van der Waals surface area (Å²) >= 11 is 0. The molecule has 384 valence electrons. The van der Waals surface area contributed by atoms with Crippen molar-refractivity contribution >= 4 is 49.7 Å². The summed E-state index contributed by atoms with van der Waals surface area (Å²) in [5.41, 5.74) is 0. The molecule has 0 heterocycles. The first-order chi connectivity index (χ1) is 31.4. The molecule has 0 amide bonds. The van der Waals surface area contributed by atoms with Crippen LogP contribution in [0.3, 0.4) is 0 Å². The molecule has 0 saturated heterocycles. The van der Waals surface area contributed by atoms with E-state index in [1.807, 2.05) is 0 Å². The number of rotatable bonds is 54. The van der Waals surface area contributed by atoms with Crippen LogP contribution in [0.25, 0.3) is 0 Å². The van der Waals surface area contributed by atoms with E-state index >= 15 is 0 Å².